The Morgan fingerprint density at radius 1 is 1.31 bits per heavy atom. The van der Waals surface area contributed by atoms with Gasteiger partial charge >= 0.3 is 0 Å². The van der Waals surface area contributed by atoms with Gasteiger partial charge in [0.15, 0.2) is 0 Å². The number of hydrogen-bond acceptors (Lipinski definition) is 4. The van der Waals surface area contributed by atoms with E-state index in [9.17, 15) is 19.6 Å². The number of rotatable bonds is 5. The van der Waals surface area contributed by atoms with Crippen LogP contribution in [0.1, 0.15) is 69.3 Å². The number of halogens is 1. The van der Waals surface area contributed by atoms with Crippen molar-refractivity contribution in [3.05, 3.63) is 35.0 Å². The van der Waals surface area contributed by atoms with Gasteiger partial charge in [0.05, 0.1) is 16.6 Å². The van der Waals surface area contributed by atoms with E-state index < -0.39 is 12.1 Å². The molecule has 9 heteroatoms. The number of H-pyrrole nitrogens is 1. The van der Waals surface area contributed by atoms with Crippen molar-refractivity contribution in [3.8, 4) is 6.07 Å². The number of amides is 3. The molecule has 5 rings (SSSR count). The Labute approximate surface area is 215 Å². The highest BCUT2D eigenvalue weighted by Crippen LogP contribution is 2.50. The van der Waals surface area contributed by atoms with Crippen molar-refractivity contribution in [2.75, 3.05) is 6.54 Å². The molecule has 3 heterocycles. The third kappa shape index (κ3) is 4.57. The predicted octanol–water partition coefficient (Wildman–Crippen LogP) is 3.91. The summed E-state index contributed by atoms with van der Waals surface area (Å²) in [4.78, 5) is 44.4. The number of hydrogen-bond donors (Lipinski definition) is 3. The van der Waals surface area contributed by atoms with Crippen molar-refractivity contribution in [2.24, 2.45) is 11.3 Å². The average molecular weight is 510 g/mol. The van der Waals surface area contributed by atoms with Crippen LogP contribution >= 0.6 is 11.6 Å². The minimum atomic E-state index is -0.795. The molecule has 0 bridgehead atoms. The predicted molar refractivity (Wildman–Crippen MR) is 136 cm³/mol. The van der Waals surface area contributed by atoms with E-state index in [1.165, 1.54) is 0 Å². The zero-order chi connectivity index (χ0) is 25.7. The van der Waals surface area contributed by atoms with Crippen LogP contribution in [0.25, 0.3) is 10.9 Å². The lowest BCUT2D eigenvalue weighted by molar-refractivity contribution is -0.130. The number of likely N-dealkylation sites (tertiary alicyclic amines) is 1. The fraction of sp³-hybridized carbons (Fsp3) is 0.556. The number of carbonyl (C=O) groups excluding carboxylic acids is 3. The molecular formula is C27H32ClN5O3. The van der Waals surface area contributed by atoms with Crippen molar-refractivity contribution in [2.45, 2.75) is 76.4 Å². The summed E-state index contributed by atoms with van der Waals surface area (Å²) < 4.78 is 0. The molecule has 1 spiro atoms. The molecule has 2 aromatic rings. The molecule has 1 aromatic carbocycles. The van der Waals surface area contributed by atoms with E-state index >= 15 is 0 Å². The van der Waals surface area contributed by atoms with Crippen LogP contribution in [0.2, 0.25) is 5.02 Å². The monoisotopic (exact) mass is 509 g/mol. The minimum Gasteiger partial charge on any atom is -0.351 e. The van der Waals surface area contributed by atoms with Crippen LogP contribution in [0.5, 0.6) is 0 Å². The van der Waals surface area contributed by atoms with Gasteiger partial charge in [-0.1, -0.05) is 30.2 Å². The summed E-state index contributed by atoms with van der Waals surface area (Å²) in [6, 6.07) is 7.95. The van der Waals surface area contributed by atoms with Crippen LogP contribution in [0.15, 0.2) is 24.3 Å². The summed E-state index contributed by atoms with van der Waals surface area (Å²) in [7, 11) is 0. The molecule has 3 atom stereocenters. The molecule has 1 aliphatic carbocycles. The van der Waals surface area contributed by atoms with E-state index in [1.54, 1.807) is 17.0 Å². The summed E-state index contributed by atoms with van der Waals surface area (Å²) >= 11 is 6.29. The van der Waals surface area contributed by atoms with Gasteiger partial charge in [0.2, 0.25) is 11.8 Å². The summed E-state index contributed by atoms with van der Waals surface area (Å²) in [5.74, 6) is -0.972. The lowest BCUT2D eigenvalue weighted by Gasteiger charge is -2.37. The molecule has 1 aromatic heterocycles. The fourth-order valence-corrected chi connectivity index (χ4v) is 6.25. The number of piperidine rings is 1. The number of carbonyl (C=O) groups is 3. The second kappa shape index (κ2) is 9.11. The van der Waals surface area contributed by atoms with Crippen molar-refractivity contribution in [3.63, 3.8) is 0 Å². The topological polar surface area (TPSA) is 118 Å². The van der Waals surface area contributed by atoms with E-state index in [2.05, 4.69) is 21.7 Å². The van der Waals surface area contributed by atoms with Gasteiger partial charge < -0.3 is 20.5 Å². The van der Waals surface area contributed by atoms with E-state index in [0.717, 1.165) is 31.1 Å². The Kier molecular flexibility index (Phi) is 6.24. The summed E-state index contributed by atoms with van der Waals surface area (Å²) in [5, 5.41) is 17.0. The van der Waals surface area contributed by atoms with Gasteiger partial charge in [0.25, 0.3) is 5.91 Å². The van der Waals surface area contributed by atoms with E-state index in [1.807, 2.05) is 26.0 Å². The summed E-state index contributed by atoms with van der Waals surface area (Å²) in [5.41, 5.74) is 0.788. The zero-order valence-corrected chi connectivity index (χ0v) is 21.5. The van der Waals surface area contributed by atoms with E-state index in [0.29, 0.717) is 35.6 Å². The van der Waals surface area contributed by atoms with Crippen molar-refractivity contribution in [1.29, 1.82) is 5.26 Å². The van der Waals surface area contributed by atoms with Crippen LogP contribution in [0, 0.1) is 22.7 Å². The van der Waals surface area contributed by atoms with Crippen LogP contribution in [-0.2, 0) is 9.59 Å². The quantitative estimate of drug-likeness (QED) is 0.566. The highest BCUT2D eigenvalue weighted by molar-refractivity contribution is 6.35. The average Bonchev–Trinajstić information content (AvgIpc) is 3.43. The van der Waals surface area contributed by atoms with Crippen molar-refractivity contribution < 1.29 is 14.4 Å². The molecule has 8 nitrogen and oxygen atoms in total. The third-order valence-electron chi connectivity index (χ3n) is 8.26. The largest absolute Gasteiger partial charge is 0.351 e. The zero-order valence-electron chi connectivity index (χ0n) is 20.7. The Morgan fingerprint density at radius 2 is 2.08 bits per heavy atom. The van der Waals surface area contributed by atoms with Crippen molar-refractivity contribution in [1.82, 2.24) is 20.5 Å². The van der Waals surface area contributed by atoms with Gasteiger partial charge in [-0.2, -0.15) is 5.26 Å². The number of para-hydroxylation sites is 1. The standard InChI is InChI=1S/C27H32ClN5O3/c1-26(2)10-7-17(23(34)32-26)11-18(14-29)30-24(35)21-13-27(8-4-9-27)15-33(21)25(36)20-12-16-5-3-6-19(28)22(16)31-20/h3,5-6,12,17-18,21,31H,4,7-11,13,15H2,1-2H3,(H,30,35)(H,32,34). The number of fused-ring (bicyclic) bond motifs is 1. The highest BCUT2D eigenvalue weighted by Gasteiger charge is 2.52. The number of nitrogens with zero attached hydrogens (tertiary/aromatic N) is 2. The molecular weight excluding hydrogens is 478 g/mol. The molecule has 3 unspecified atom stereocenters. The van der Waals surface area contributed by atoms with Crippen LogP contribution in [0.4, 0.5) is 0 Å². The van der Waals surface area contributed by atoms with Gasteiger partial charge in [-0.25, -0.2) is 0 Å². The maximum atomic E-state index is 13.6. The lowest BCUT2D eigenvalue weighted by Crippen LogP contribution is -2.53. The van der Waals surface area contributed by atoms with E-state index in [-0.39, 0.29) is 41.0 Å². The van der Waals surface area contributed by atoms with E-state index in [4.69, 9.17) is 11.6 Å². The SMILES string of the molecule is CC1(C)CCC(CC(C#N)NC(=O)C2CC3(CCC3)CN2C(=O)c2cc3cccc(Cl)c3[nH]2)C(=O)N1. The lowest BCUT2D eigenvalue weighted by atomic mass is 9.67. The Hall–Kier alpha value is -3.05. The molecule has 3 N–H and O–H groups in total. The Bertz CT molecular complexity index is 1260. The normalized spacial score (nSPS) is 25.2. The number of benzene rings is 1. The van der Waals surface area contributed by atoms with Crippen LogP contribution < -0.4 is 10.6 Å². The van der Waals surface area contributed by atoms with Gasteiger partial charge in [0, 0.05) is 23.4 Å². The number of nitriles is 1. The first-order valence-corrected chi connectivity index (χ1v) is 13.1. The fourth-order valence-electron chi connectivity index (χ4n) is 6.02. The highest BCUT2D eigenvalue weighted by atomic mass is 35.5. The smallest absolute Gasteiger partial charge is 0.271 e. The molecule has 3 aliphatic rings. The van der Waals surface area contributed by atoms with Crippen molar-refractivity contribution >= 4 is 40.2 Å². The minimum absolute atomic E-state index is 0.0433. The molecule has 1 saturated carbocycles. The molecule has 3 fully saturated rings. The molecule has 36 heavy (non-hydrogen) atoms. The number of aromatic nitrogens is 1. The first-order chi connectivity index (χ1) is 17.1. The van der Waals surface area contributed by atoms with Gasteiger partial charge in [0.1, 0.15) is 17.8 Å². The molecule has 2 saturated heterocycles. The number of nitrogens with one attached hydrogen (secondary N) is 3. The maximum Gasteiger partial charge on any atom is 0.271 e. The first kappa shape index (κ1) is 24.6. The Balaban J connectivity index is 1.32. The van der Waals surface area contributed by atoms with Gasteiger partial charge in [-0.15, -0.1) is 0 Å². The first-order valence-electron chi connectivity index (χ1n) is 12.7. The molecule has 2 aliphatic heterocycles. The third-order valence-corrected chi connectivity index (χ3v) is 8.58. The molecule has 0 radical (unpaired) electrons. The van der Waals surface area contributed by atoms with Gasteiger partial charge in [-0.05, 0) is 69.9 Å². The second-order valence-electron chi connectivity index (χ2n) is 11.4. The second-order valence-corrected chi connectivity index (χ2v) is 11.8. The van der Waals surface area contributed by atoms with Crippen LogP contribution in [0.3, 0.4) is 0 Å². The van der Waals surface area contributed by atoms with Crippen LogP contribution in [-0.4, -0.2) is 51.8 Å². The summed E-state index contributed by atoms with van der Waals surface area (Å²) in [6.45, 7) is 4.48. The molecule has 3 amide bonds. The maximum absolute atomic E-state index is 13.6. The Morgan fingerprint density at radius 3 is 2.72 bits per heavy atom. The number of aromatic amines is 1. The molecule has 190 valence electrons. The van der Waals surface area contributed by atoms with Gasteiger partial charge in [-0.3, -0.25) is 14.4 Å². The summed E-state index contributed by atoms with van der Waals surface area (Å²) in [6.07, 6.45) is 5.40.